The van der Waals surface area contributed by atoms with Crippen LogP contribution in [0.15, 0.2) is 202 Å². The lowest BCUT2D eigenvalue weighted by Gasteiger charge is -2.26. The maximum atomic E-state index is 6.56. The topological polar surface area (TPSA) is 49.9 Å². The molecule has 4 nitrogen and oxygen atoms in total. The van der Waals surface area contributed by atoms with Gasteiger partial charge in [-0.15, -0.1) is 11.3 Å². The van der Waals surface area contributed by atoms with Crippen molar-refractivity contribution in [2.45, 2.75) is 6.17 Å². The van der Waals surface area contributed by atoms with Crippen molar-refractivity contribution in [3.05, 3.63) is 205 Å². The minimum Gasteiger partial charge on any atom is -0.455 e. The Kier molecular flexibility index (Phi) is 7.71. The van der Waals surface area contributed by atoms with Crippen LogP contribution in [0.25, 0.3) is 75.5 Å². The summed E-state index contributed by atoms with van der Waals surface area (Å²) in [4.78, 5) is 10.9. The minimum atomic E-state index is -0.440. The Labute approximate surface area is 327 Å². The number of amidine groups is 2. The third-order valence-electron chi connectivity index (χ3n) is 10.8. The van der Waals surface area contributed by atoms with Gasteiger partial charge in [0.05, 0.1) is 0 Å². The van der Waals surface area contributed by atoms with Gasteiger partial charge >= 0.3 is 0 Å². The van der Waals surface area contributed by atoms with Crippen LogP contribution in [-0.2, 0) is 0 Å². The number of para-hydroxylation sites is 2. The summed E-state index contributed by atoms with van der Waals surface area (Å²) in [6.07, 6.45) is -0.440. The first-order valence-corrected chi connectivity index (χ1v) is 19.7. The summed E-state index contributed by atoms with van der Waals surface area (Å²) in [7, 11) is 0. The van der Waals surface area contributed by atoms with E-state index in [-0.39, 0.29) is 0 Å². The first-order valence-electron chi connectivity index (χ1n) is 18.8. The summed E-state index contributed by atoms with van der Waals surface area (Å²) >= 11 is 1.81. The van der Waals surface area contributed by atoms with Crippen LogP contribution >= 0.6 is 11.3 Å². The van der Waals surface area contributed by atoms with E-state index in [0.717, 1.165) is 77.8 Å². The highest BCUT2D eigenvalue weighted by molar-refractivity contribution is 7.25. The number of furan rings is 1. The Morgan fingerprint density at radius 3 is 1.96 bits per heavy atom. The molecule has 1 atom stereocenters. The van der Waals surface area contributed by atoms with Crippen molar-refractivity contribution in [1.82, 2.24) is 5.32 Å². The maximum absolute atomic E-state index is 6.56. The Hall–Kier alpha value is -7.08. The normalized spacial score (nSPS) is 14.2. The minimum absolute atomic E-state index is 0.440. The highest BCUT2D eigenvalue weighted by atomic mass is 32.1. The molecule has 8 aromatic carbocycles. The van der Waals surface area contributed by atoms with E-state index in [1.807, 2.05) is 23.5 Å². The van der Waals surface area contributed by atoms with E-state index in [2.05, 4.69) is 181 Å². The van der Waals surface area contributed by atoms with Crippen molar-refractivity contribution in [3.8, 4) is 33.4 Å². The lowest BCUT2D eigenvalue weighted by molar-refractivity contribution is 0.670. The lowest BCUT2D eigenvalue weighted by Crippen LogP contribution is -2.34. The van der Waals surface area contributed by atoms with Gasteiger partial charge in [0.15, 0.2) is 5.84 Å². The fourth-order valence-electron chi connectivity index (χ4n) is 8.10. The second-order valence-electron chi connectivity index (χ2n) is 14.1. The van der Waals surface area contributed by atoms with Crippen LogP contribution in [0.5, 0.6) is 0 Å². The molecule has 0 saturated carbocycles. The molecule has 2 aromatic heterocycles. The highest BCUT2D eigenvalue weighted by Gasteiger charge is 2.26. The monoisotopic (exact) mass is 735 g/mol. The molecule has 0 spiro atoms. The largest absolute Gasteiger partial charge is 0.455 e. The summed E-state index contributed by atoms with van der Waals surface area (Å²) in [6, 6.07) is 66.2. The molecule has 0 saturated heterocycles. The number of hydrogen-bond donors (Lipinski definition) is 1. The van der Waals surface area contributed by atoms with Gasteiger partial charge in [-0.25, -0.2) is 9.98 Å². The quantitative estimate of drug-likeness (QED) is 0.185. The van der Waals surface area contributed by atoms with E-state index in [0.29, 0.717) is 5.84 Å². The second kappa shape index (κ2) is 13.3. The first kappa shape index (κ1) is 32.4. The van der Waals surface area contributed by atoms with Crippen molar-refractivity contribution in [1.29, 1.82) is 0 Å². The summed E-state index contributed by atoms with van der Waals surface area (Å²) < 4.78 is 9.06. The zero-order valence-electron chi connectivity index (χ0n) is 30.2. The smallest absolute Gasteiger partial charge is 0.160 e. The Balaban J connectivity index is 1.13. The van der Waals surface area contributed by atoms with Crippen LogP contribution in [0.1, 0.15) is 22.9 Å². The molecule has 1 aliphatic heterocycles. The molecular formula is C51H33N3OS. The van der Waals surface area contributed by atoms with E-state index in [9.17, 15) is 0 Å². The zero-order chi connectivity index (χ0) is 37.0. The number of benzene rings is 8. The SMILES string of the molecule is c1ccc(-c2ccc(-c3ccccc3)c(C3N=C(c4ccccc4-c4cccc5c4oc4ccccc45)N=C(c4ccc5c(c4)sc4ccccc45)N3)c2)cc1. The van der Waals surface area contributed by atoms with Crippen LogP contribution in [-0.4, -0.2) is 11.7 Å². The molecular weight excluding hydrogens is 703 g/mol. The summed E-state index contributed by atoms with van der Waals surface area (Å²) in [6.45, 7) is 0. The number of fused-ring (bicyclic) bond motifs is 6. The molecule has 264 valence electrons. The molecule has 1 aliphatic rings. The van der Waals surface area contributed by atoms with Crippen molar-refractivity contribution < 1.29 is 4.42 Å². The summed E-state index contributed by atoms with van der Waals surface area (Å²) in [5.74, 6) is 1.44. The van der Waals surface area contributed by atoms with E-state index in [4.69, 9.17) is 14.4 Å². The van der Waals surface area contributed by atoms with Crippen molar-refractivity contribution in [3.63, 3.8) is 0 Å². The maximum Gasteiger partial charge on any atom is 0.160 e. The van der Waals surface area contributed by atoms with E-state index in [1.165, 1.54) is 20.2 Å². The van der Waals surface area contributed by atoms with Crippen LogP contribution in [0.3, 0.4) is 0 Å². The number of nitrogens with one attached hydrogen (secondary N) is 1. The average Bonchev–Trinajstić information content (AvgIpc) is 3.85. The van der Waals surface area contributed by atoms with Crippen LogP contribution < -0.4 is 5.32 Å². The van der Waals surface area contributed by atoms with Gasteiger partial charge in [0.1, 0.15) is 23.2 Å². The van der Waals surface area contributed by atoms with Gasteiger partial charge in [0.25, 0.3) is 0 Å². The fraction of sp³-hybridized carbons (Fsp3) is 0.0196. The molecule has 0 radical (unpaired) electrons. The van der Waals surface area contributed by atoms with Gasteiger partial charge < -0.3 is 9.73 Å². The first-order chi connectivity index (χ1) is 27.7. The molecule has 5 heteroatoms. The number of rotatable bonds is 6. The number of aliphatic imine (C=N–C) groups is 2. The Bertz CT molecular complexity index is 3180. The van der Waals surface area contributed by atoms with Gasteiger partial charge in [-0.3, -0.25) is 0 Å². The fourth-order valence-corrected chi connectivity index (χ4v) is 9.25. The van der Waals surface area contributed by atoms with Gasteiger partial charge in [0, 0.05) is 53.2 Å². The predicted molar refractivity (Wildman–Crippen MR) is 235 cm³/mol. The molecule has 10 aromatic rings. The van der Waals surface area contributed by atoms with Crippen LogP contribution in [0.2, 0.25) is 0 Å². The predicted octanol–water partition coefficient (Wildman–Crippen LogP) is 13.5. The summed E-state index contributed by atoms with van der Waals surface area (Å²) in [5, 5.41) is 8.54. The van der Waals surface area contributed by atoms with Crippen molar-refractivity contribution >= 4 is 65.1 Å². The number of hydrogen-bond acceptors (Lipinski definition) is 5. The standard InChI is InChI=1S/C51H33N3OS/c1-3-14-32(15-4-1)34-26-28-36(33-16-5-2-6-17-33)44(30-34)51-53-49(35-27-29-40-39-20-10-12-25-46(39)56-47(40)31-35)52-50(54-51)43-21-8-7-18-37(43)41-22-13-23-42-38-19-9-11-24-45(38)55-48(41)42/h1-31,51H,(H,52,53,54). The van der Waals surface area contributed by atoms with E-state index < -0.39 is 6.17 Å². The third kappa shape index (κ3) is 5.52. The molecule has 1 unspecified atom stereocenters. The molecule has 0 aliphatic carbocycles. The lowest BCUT2D eigenvalue weighted by atomic mass is 9.92. The summed E-state index contributed by atoms with van der Waals surface area (Å²) in [5.41, 5.74) is 11.3. The van der Waals surface area contributed by atoms with Gasteiger partial charge in [-0.05, 0) is 52.1 Å². The average molecular weight is 736 g/mol. The van der Waals surface area contributed by atoms with Gasteiger partial charge in [0.2, 0.25) is 0 Å². The molecule has 1 N–H and O–H groups in total. The third-order valence-corrected chi connectivity index (χ3v) is 11.9. The van der Waals surface area contributed by atoms with Crippen molar-refractivity contribution in [2.75, 3.05) is 0 Å². The molecule has 11 rings (SSSR count). The van der Waals surface area contributed by atoms with E-state index in [1.54, 1.807) is 0 Å². The number of nitrogens with zero attached hydrogens (tertiary/aromatic N) is 2. The zero-order valence-corrected chi connectivity index (χ0v) is 31.0. The Morgan fingerprint density at radius 2 is 1.11 bits per heavy atom. The highest BCUT2D eigenvalue weighted by Crippen LogP contribution is 2.40. The van der Waals surface area contributed by atoms with Crippen molar-refractivity contribution in [2.24, 2.45) is 9.98 Å². The van der Waals surface area contributed by atoms with E-state index >= 15 is 0 Å². The van der Waals surface area contributed by atoms with Crippen LogP contribution in [0, 0.1) is 0 Å². The van der Waals surface area contributed by atoms with Crippen LogP contribution in [0.4, 0.5) is 0 Å². The number of thiophene rings is 1. The molecule has 0 bridgehead atoms. The Morgan fingerprint density at radius 1 is 0.446 bits per heavy atom. The molecule has 56 heavy (non-hydrogen) atoms. The van der Waals surface area contributed by atoms with Gasteiger partial charge in [-0.2, -0.15) is 0 Å². The molecule has 0 fully saturated rings. The molecule has 0 amide bonds. The van der Waals surface area contributed by atoms with Gasteiger partial charge in [-0.1, -0.05) is 164 Å². The second-order valence-corrected chi connectivity index (χ2v) is 15.2. The molecule has 3 heterocycles.